The summed E-state index contributed by atoms with van der Waals surface area (Å²) in [4.78, 5) is 31.4. The van der Waals surface area contributed by atoms with Gasteiger partial charge < -0.3 is 21.1 Å². The van der Waals surface area contributed by atoms with Crippen LogP contribution in [0.5, 0.6) is 0 Å². The van der Waals surface area contributed by atoms with Gasteiger partial charge in [0.2, 0.25) is 5.95 Å². The molecule has 0 bridgehead atoms. The van der Waals surface area contributed by atoms with E-state index in [0.29, 0.717) is 16.9 Å². The molecule has 0 radical (unpaired) electrons. The van der Waals surface area contributed by atoms with Crippen molar-refractivity contribution in [2.45, 2.75) is 19.9 Å². The molecule has 0 atom stereocenters. The number of benzene rings is 2. The Morgan fingerprint density at radius 2 is 1.73 bits per heavy atom. The topological polar surface area (TPSA) is 116 Å². The molecule has 0 aliphatic rings. The van der Waals surface area contributed by atoms with Crippen LogP contribution in [-0.2, 0) is 0 Å². The second-order valence-electron chi connectivity index (χ2n) is 6.70. The lowest BCUT2D eigenvalue weighted by molar-refractivity contribution is 0.0696. The third-order valence-corrected chi connectivity index (χ3v) is 3.98. The molecule has 3 rings (SSSR count). The third kappa shape index (κ3) is 5.07. The lowest BCUT2D eigenvalue weighted by atomic mass is 10.1. The Morgan fingerprint density at radius 3 is 2.40 bits per heavy atom. The van der Waals surface area contributed by atoms with E-state index in [1.54, 1.807) is 36.4 Å². The van der Waals surface area contributed by atoms with Crippen LogP contribution in [0, 0.1) is 5.82 Å². The minimum absolute atomic E-state index is 0.0512. The van der Waals surface area contributed by atoms with E-state index < -0.39 is 11.8 Å². The summed E-state index contributed by atoms with van der Waals surface area (Å²) >= 11 is 0. The molecule has 9 heteroatoms. The predicted octanol–water partition coefficient (Wildman–Crippen LogP) is 3.94. The van der Waals surface area contributed by atoms with Crippen LogP contribution in [0.4, 0.5) is 27.5 Å². The van der Waals surface area contributed by atoms with Crippen molar-refractivity contribution in [1.82, 2.24) is 15.3 Å². The van der Waals surface area contributed by atoms with Crippen LogP contribution in [0.2, 0.25) is 0 Å². The van der Waals surface area contributed by atoms with E-state index in [4.69, 9.17) is 5.11 Å². The molecule has 1 heterocycles. The fraction of sp³-hybridized carbons (Fsp3) is 0.143. The Labute approximate surface area is 172 Å². The van der Waals surface area contributed by atoms with Gasteiger partial charge in [0.15, 0.2) is 11.6 Å². The third-order valence-electron chi connectivity index (χ3n) is 3.98. The molecular weight excluding hydrogens is 389 g/mol. The second-order valence-corrected chi connectivity index (χ2v) is 6.70. The maximum atomic E-state index is 14.3. The summed E-state index contributed by atoms with van der Waals surface area (Å²) in [6, 6.07) is 12.6. The highest BCUT2D eigenvalue weighted by Crippen LogP contribution is 2.23. The van der Waals surface area contributed by atoms with E-state index in [2.05, 4.69) is 25.9 Å². The van der Waals surface area contributed by atoms with Crippen LogP contribution in [-0.4, -0.2) is 33.0 Å². The zero-order valence-electron chi connectivity index (χ0n) is 16.3. The molecule has 0 saturated carbocycles. The standard InChI is InChI=1S/C21H20FN5O3/c1-12(2)24-19(28)15-5-3-4-6-17(15)26-18-16(22)11-23-21(27-18)25-14-9-7-13(8-10-14)20(29)30/h3-12H,1-2H3,(H,24,28)(H,29,30)(H2,23,25,26,27). The number of carboxylic acid groups (broad SMARTS) is 1. The monoisotopic (exact) mass is 409 g/mol. The maximum Gasteiger partial charge on any atom is 0.335 e. The van der Waals surface area contributed by atoms with E-state index in [0.717, 1.165) is 6.20 Å². The first-order valence-electron chi connectivity index (χ1n) is 9.13. The van der Waals surface area contributed by atoms with Gasteiger partial charge >= 0.3 is 5.97 Å². The van der Waals surface area contributed by atoms with Gasteiger partial charge in [-0.05, 0) is 50.2 Å². The van der Waals surface area contributed by atoms with Crippen molar-refractivity contribution in [3.8, 4) is 0 Å². The summed E-state index contributed by atoms with van der Waals surface area (Å²) in [5.74, 6) is -2.03. The molecule has 0 aliphatic heterocycles. The van der Waals surface area contributed by atoms with Gasteiger partial charge in [0, 0.05) is 11.7 Å². The molecule has 154 valence electrons. The largest absolute Gasteiger partial charge is 0.478 e. The summed E-state index contributed by atoms with van der Waals surface area (Å²) < 4.78 is 14.3. The number of para-hydroxylation sites is 1. The number of aromatic carboxylic acids is 1. The van der Waals surface area contributed by atoms with Crippen LogP contribution in [0.3, 0.4) is 0 Å². The SMILES string of the molecule is CC(C)NC(=O)c1ccccc1Nc1nc(Nc2ccc(C(=O)O)cc2)ncc1F. The molecule has 1 aromatic heterocycles. The van der Waals surface area contributed by atoms with Crippen LogP contribution < -0.4 is 16.0 Å². The molecule has 3 aromatic rings. The van der Waals surface area contributed by atoms with Crippen molar-refractivity contribution in [2.24, 2.45) is 0 Å². The molecule has 4 N–H and O–H groups in total. The zero-order chi connectivity index (χ0) is 21.7. The molecule has 0 fully saturated rings. The van der Waals surface area contributed by atoms with Crippen molar-refractivity contribution in [1.29, 1.82) is 0 Å². The first-order valence-corrected chi connectivity index (χ1v) is 9.13. The number of hydrogen-bond donors (Lipinski definition) is 4. The number of nitrogens with one attached hydrogen (secondary N) is 3. The highest BCUT2D eigenvalue weighted by Gasteiger charge is 2.15. The van der Waals surface area contributed by atoms with Gasteiger partial charge in [0.05, 0.1) is 23.0 Å². The first kappa shape index (κ1) is 20.7. The molecule has 8 nitrogen and oxygen atoms in total. The van der Waals surface area contributed by atoms with Crippen molar-refractivity contribution >= 4 is 35.0 Å². The number of amides is 1. The summed E-state index contributed by atoms with van der Waals surface area (Å²) in [6.45, 7) is 3.69. The van der Waals surface area contributed by atoms with Gasteiger partial charge in [0.1, 0.15) is 0 Å². The van der Waals surface area contributed by atoms with Crippen molar-refractivity contribution in [3.05, 3.63) is 71.7 Å². The Kier molecular flexibility index (Phi) is 6.21. The summed E-state index contributed by atoms with van der Waals surface area (Å²) in [6.07, 6.45) is 1.00. The van der Waals surface area contributed by atoms with Gasteiger partial charge in [-0.3, -0.25) is 4.79 Å². The number of carbonyl (C=O) groups is 2. The van der Waals surface area contributed by atoms with Gasteiger partial charge in [-0.1, -0.05) is 12.1 Å². The van der Waals surface area contributed by atoms with Crippen LogP contribution in [0.25, 0.3) is 0 Å². The van der Waals surface area contributed by atoms with Crippen molar-refractivity contribution in [2.75, 3.05) is 10.6 Å². The molecule has 0 spiro atoms. The van der Waals surface area contributed by atoms with Gasteiger partial charge in [-0.25, -0.2) is 14.2 Å². The lowest BCUT2D eigenvalue weighted by Crippen LogP contribution is -2.30. The number of carbonyl (C=O) groups excluding carboxylic acids is 1. The Hall–Kier alpha value is -4.01. The van der Waals surface area contributed by atoms with Crippen LogP contribution >= 0.6 is 0 Å². The fourth-order valence-corrected chi connectivity index (χ4v) is 2.60. The predicted molar refractivity (Wildman–Crippen MR) is 111 cm³/mol. The number of rotatable bonds is 7. The van der Waals surface area contributed by atoms with Gasteiger partial charge in [0.25, 0.3) is 5.91 Å². The van der Waals surface area contributed by atoms with Crippen LogP contribution in [0.1, 0.15) is 34.6 Å². The Balaban J connectivity index is 1.83. The van der Waals surface area contributed by atoms with Gasteiger partial charge in [-0.2, -0.15) is 4.98 Å². The summed E-state index contributed by atoms with van der Waals surface area (Å²) in [5, 5.41) is 17.5. The molecule has 0 unspecified atom stereocenters. The quantitative estimate of drug-likeness (QED) is 0.467. The van der Waals surface area contributed by atoms with E-state index in [1.165, 1.54) is 12.1 Å². The molecule has 1 amide bonds. The molecule has 0 aliphatic carbocycles. The normalized spacial score (nSPS) is 10.5. The number of nitrogens with zero attached hydrogens (tertiary/aromatic N) is 2. The first-order chi connectivity index (χ1) is 14.3. The maximum absolute atomic E-state index is 14.3. The minimum atomic E-state index is -1.04. The van der Waals surface area contributed by atoms with Crippen molar-refractivity contribution < 1.29 is 19.1 Å². The van der Waals surface area contributed by atoms with E-state index in [9.17, 15) is 14.0 Å². The average molecular weight is 409 g/mol. The minimum Gasteiger partial charge on any atom is -0.478 e. The van der Waals surface area contributed by atoms with E-state index in [-0.39, 0.29) is 29.3 Å². The zero-order valence-corrected chi connectivity index (χ0v) is 16.3. The van der Waals surface area contributed by atoms with Gasteiger partial charge in [-0.15, -0.1) is 0 Å². The summed E-state index contributed by atoms with van der Waals surface area (Å²) in [7, 11) is 0. The Bertz CT molecular complexity index is 1070. The number of halogens is 1. The smallest absolute Gasteiger partial charge is 0.335 e. The van der Waals surface area contributed by atoms with E-state index >= 15 is 0 Å². The Morgan fingerprint density at radius 1 is 1.03 bits per heavy atom. The van der Waals surface area contributed by atoms with Crippen LogP contribution in [0.15, 0.2) is 54.7 Å². The number of anilines is 4. The fourth-order valence-electron chi connectivity index (χ4n) is 2.60. The second kappa shape index (κ2) is 8.99. The van der Waals surface area contributed by atoms with Crippen molar-refractivity contribution in [3.63, 3.8) is 0 Å². The molecular formula is C21H20FN5O3. The number of carboxylic acids is 1. The molecule has 30 heavy (non-hydrogen) atoms. The average Bonchev–Trinajstić information content (AvgIpc) is 2.71. The molecule has 0 saturated heterocycles. The number of aromatic nitrogens is 2. The summed E-state index contributed by atoms with van der Waals surface area (Å²) in [5.41, 5.74) is 1.42. The number of hydrogen-bond acceptors (Lipinski definition) is 6. The lowest BCUT2D eigenvalue weighted by Gasteiger charge is -2.14. The highest BCUT2D eigenvalue weighted by molar-refractivity contribution is 6.00. The molecule has 2 aromatic carbocycles. The highest BCUT2D eigenvalue weighted by atomic mass is 19.1. The van der Waals surface area contributed by atoms with E-state index in [1.807, 2.05) is 13.8 Å².